The van der Waals surface area contributed by atoms with Gasteiger partial charge in [-0.3, -0.25) is 0 Å². The number of para-hydroxylation sites is 1. The lowest BCUT2D eigenvalue weighted by molar-refractivity contribution is 0.0678. The lowest BCUT2D eigenvalue weighted by Gasteiger charge is -2.11. The van der Waals surface area contributed by atoms with Gasteiger partial charge in [-0.05, 0) is 36.8 Å². The monoisotopic (exact) mass is 564 g/mol. The maximum atomic E-state index is 11.6. The van der Waals surface area contributed by atoms with Crippen molar-refractivity contribution < 1.29 is 29.3 Å². The van der Waals surface area contributed by atoms with E-state index in [0.717, 1.165) is 6.42 Å². The molecule has 0 aliphatic heterocycles. The molecule has 0 aromatic heterocycles. The Hall–Kier alpha value is -3.30. The number of benzene rings is 2. The van der Waals surface area contributed by atoms with Gasteiger partial charge in [0.25, 0.3) is 0 Å². The van der Waals surface area contributed by atoms with E-state index in [4.69, 9.17) is 9.47 Å². The van der Waals surface area contributed by atoms with Crippen LogP contribution in [0, 0.1) is 11.8 Å². The summed E-state index contributed by atoms with van der Waals surface area (Å²) in [5.41, 5.74) is 0.381. The average molecular weight is 565 g/mol. The van der Waals surface area contributed by atoms with Gasteiger partial charge in [0.15, 0.2) is 0 Å². The van der Waals surface area contributed by atoms with Crippen molar-refractivity contribution in [3.05, 3.63) is 59.2 Å². The second-order valence-corrected chi connectivity index (χ2v) is 10.6. The number of carboxylic acids is 2. The van der Waals surface area contributed by atoms with Crippen LogP contribution < -0.4 is 4.74 Å². The number of hydrogen-bond donors (Lipinski definition) is 2. The van der Waals surface area contributed by atoms with Crippen molar-refractivity contribution >= 4 is 11.9 Å². The Balaban J connectivity index is 1.58. The number of aromatic carboxylic acids is 2. The number of ether oxygens (including phenoxy) is 2. The van der Waals surface area contributed by atoms with Crippen molar-refractivity contribution in [1.29, 1.82) is 0 Å². The van der Waals surface area contributed by atoms with Gasteiger partial charge in [-0.2, -0.15) is 0 Å². The van der Waals surface area contributed by atoms with Crippen LogP contribution in [0.5, 0.6) is 11.5 Å². The Morgan fingerprint density at radius 1 is 0.683 bits per heavy atom. The van der Waals surface area contributed by atoms with E-state index in [1.165, 1.54) is 115 Å². The van der Waals surface area contributed by atoms with Gasteiger partial charge in [0.2, 0.25) is 0 Å². The van der Waals surface area contributed by atoms with E-state index in [1.54, 1.807) is 24.3 Å². The first-order valence-electron chi connectivity index (χ1n) is 15.5. The van der Waals surface area contributed by atoms with Gasteiger partial charge in [0.1, 0.15) is 23.7 Å². The Labute approximate surface area is 246 Å². The summed E-state index contributed by atoms with van der Waals surface area (Å²) in [6.45, 7) is 3.24. The summed E-state index contributed by atoms with van der Waals surface area (Å²) in [5, 5.41) is 18.7. The van der Waals surface area contributed by atoms with Crippen LogP contribution in [0.1, 0.15) is 136 Å². The van der Waals surface area contributed by atoms with E-state index in [2.05, 4.69) is 18.8 Å². The second-order valence-electron chi connectivity index (χ2n) is 10.6. The molecule has 0 atom stereocenters. The fourth-order valence-electron chi connectivity index (χ4n) is 4.70. The second kappa shape index (κ2) is 21.4. The lowest BCUT2D eigenvalue weighted by atomic mass is 10.0. The molecule has 41 heavy (non-hydrogen) atoms. The average Bonchev–Trinajstić information content (AvgIpc) is 2.96. The summed E-state index contributed by atoms with van der Waals surface area (Å²) in [5.74, 6) is 3.93. The van der Waals surface area contributed by atoms with E-state index in [0.29, 0.717) is 24.5 Å². The third-order valence-corrected chi connectivity index (χ3v) is 7.11. The van der Waals surface area contributed by atoms with Gasteiger partial charge in [-0.15, -0.1) is 0 Å². The fraction of sp³-hybridized carbons (Fsp3) is 0.543. The molecule has 6 heteroatoms. The summed E-state index contributed by atoms with van der Waals surface area (Å²) < 4.78 is 11.5. The highest BCUT2D eigenvalue weighted by molar-refractivity contribution is 5.94. The zero-order chi connectivity index (χ0) is 29.5. The molecule has 224 valence electrons. The first-order chi connectivity index (χ1) is 20.0. The van der Waals surface area contributed by atoms with E-state index in [9.17, 15) is 19.8 Å². The normalized spacial score (nSPS) is 10.7. The highest BCUT2D eigenvalue weighted by atomic mass is 16.5. The van der Waals surface area contributed by atoms with Gasteiger partial charge in [-0.25, -0.2) is 9.59 Å². The molecule has 2 N–H and O–H groups in total. The molecule has 0 unspecified atom stereocenters. The summed E-state index contributed by atoms with van der Waals surface area (Å²) >= 11 is 0. The SMILES string of the molecule is CCCCCCCCCCCCCCCCCCOCC#Cc1ccccc1Oc1cc(C(=O)O)ccc1C(=O)O. The van der Waals surface area contributed by atoms with Crippen molar-refractivity contribution in [3.8, 4) is 23.3 Å². The Kier molecular flexibility index (Phi) is 17.7. The van der Waals surface area contributed by atoms with E-state index in [-0.39, 0.29) is 16.9 Å². The highest BCUT2D eigenvalue weighted by Crippen LogP contribution is 2.29. The Morgan fingerprint density at radius 3 is 1.80 bits per heavy atom. The van der Waals surface area contributed by atoms with Gasteiger partial charge in [-0.1, -0.05) is 127 Å². The molecule has 2 aromatic carbocycles. The fourth-order valence-corrected chi connectivity index (χ4v) is 4.70. The molecule has 0 amide bonds. The van der Waals surface area contributed by atoms with E-state index >= 15 is 0 Å². The zero-order valence-corrected chi connectivity index (χ0v) is 24.8. The maximum absolute atomic E-state index is 11.6. The molecule has 0 saturated heterocycles. The molecule has 0 spiro atoms. The molecule has 0 aliphatic rings. The van der Waals surface area contributed by atoms with E-state index in [1.807, 2.05) is 0 Å². The number of hydrogen-bond acceptors (Lipinski definition) is 4. The van der Waals surface area contributed by atoms with Gasteiger partial charge >= 0.3 is 11.9 Å². The molecule has 0 radical (unpaired) electrons. The lowest BCUT2D eigenvalue weighted by Crippen LogP contribution is -2.04. The number of carbonyl (C=O) groups is 2. The highest BCUT2D eigenvalue weighted by Gasteiger charge is 2.16. The van der Waals surface area contributed by atoms with Crippen LogP contribution in [0.3, 0.4) is 0 Å². The molecule has 6 nitrogen and oxygen atoms in total. The summed E-state index contributed by atoms with van der Waals surface area (Å²) in [6.07, 6.45) is 21.4. The van der Waals surface area contributed by atoms with Crippen molar-refractivity contribution in [2.75, 3.05) is 13.2 Å². The predicted octanol–water partition coefficient (Wildman–Crippen LogP) is 9.50. The van der Waals surface area contributed by atoms with Crippen LogP contribution in [0.2, 0.25) is 0 Å². The summed E-state index contributed by atoms with van der Waals surface area (Å²) in [6, 6.07) is 10.6. The van der Waals surface area contributed by atoms with Crippen molar-refractivity contribution in [2.45, 2.75) is 110 Å². The van der Waals surface area contributed by atoms with Gasteiger partial charge in [0.05, 0.1) is 11.1 Å². The zero-order valence-electron chi connectivity index (χ0n) is 24.8. The van der Waals surface area contributed by atoms with Gasteiger partial charge in [0, 0.05) is 6.61 Å². The van der Waals surface area contributed by atoms with Crippen LogP contribution in [0.4, 0.5) is 0 Å². The largest absolute Gasteiger partial charge is 0.478 e. The van der Waals surface area contributed by atoms with Crippen molar-refractivity contribution in [3.63, 3.8) is 0 Å². The molecule has 0 aliphatic carbocycles. The molecule has 2 aromatic rings. The minimum atomic E-state index is -1.21. The third kappa shape index (κ3) is 14.8. The molecule has 0 saturated carbocycles. The predicted molar refractivity (Wildman–Crippen MR) is 164 cm³/mol. The van der Waals surface area contributed by atoms with Gasteiger partial charge < -0.3 is 19.7 Å². The molecule has 0 heterocycles. The molecule has 2 rings (SSSR count). The summed E-state index contributed by atoms with van der Waals surface area (Å²) in [7, 11) is 0. The molecule has 0 bridgehead atoms. The first kappa shape index (κ1) is 33.9. The van der Waals surface area contributed by atoms with Crippen LogP contribution in [-0.4, -0.2) is 35.4 Å². The Bertz CT molecular complexity index is 1100. The molecular weight excluding hydrogens is 516 g/mol. The van der Waals surface area contributed by atoms with Crippen LogP contribution in [0.15, 0.2) is 42.5 Å². The molecular formula is C35H48O6. The van der Waals surface area contributed by atoms with Crippen LogP contribution >= 0.6 is 0 Å². The number of unbranched alkanes of at least 4 members (excludes halogenated alkanes) is 15. The van der Waals surface area contributed by atoms with Crippen LogP contribution in [-0.2, 0) is 4.74 Å². The van der Waals surface area contributed by atoms with Crippen molar-refractivity contribution in [2.24, 2.45) is 0 Å². The van der Waals surface area contributed by atoms with Crippen molar-refractivity contribution in [1.82, 2.24) is 0 Å². The first-order valence-corrected chi connectivity index (χ1v) is 15.5. The number of carboxylic acid groups (broad SMARTS) is 2. The Morgan fingerprint density at radius 2 is 1.24 bits per heavy atom. The smallest absolute Gasteiger partial charge is 0.339 e. The minimum Gasteiger partial charge on any atom is -0.478 e. The maximum Gasteiger partial charge on any atom is 0.339 e. The standard InChI is InChI=1S/C35H48O6/c1-2-3-4-5-6-7-8-9-10-11-12-13-14-15-16-19-26-40-27-20-22-29-21-17-18-23-32(29)41-33-28-30(34(36)37)24-25-31(33)35(38)39/h17-18,21,23-25,28H,2-16,19,26-27H2,1H3,(H,36,37)(H,38,39). The summed E-state index contributed by atoms with van der Waals surface area (Å²) in [4.78, 5) is 22.9. The minimum absolute atomic E-state index is 0.0496. The van der Waals surface area contributed by atoms with E-state index < -0.39 is 11.9 Å². The third-order valence-electron chi connectivity index (χ3n) is 7.11. The topological polar surface area (TPSA) is 93.1 Å². The quantitative estimate of drug-likeness (QED) is 0.109. The number of rotatable bonds is 22. The molecule has 0 fully saturated rings. The van der Waals surface area contributed by atoms with Crippen LogP contribution in [0.25, 0.3) is 0 Å².